The van der Waals surface area contributed by atoms with Crippen LogP contribution in [0.15, 0.2) is 48.5 Å². The van der Waals surface area contributed by atoms with Crippen molar-refractivity contribution in [2.24, 2.45) is 0 Å². The van der Waals surface area contributed by atoms with Crippen LogP contribution < -0.4 is 0 Å². The Morgan fingerprint density at radius 2 is 1.90 bits per heavy atom. The lowest BCUT2D eigenvalue weighted by molar-refractivity contribution is 0.0738. The normalized spacial score (nSPS) is 14.1. The molecule has 0 saturated carbocycles. The van der Waals surface area contributed by atoms with Crippen LogP contribution in [-0.2, 0) is 12.8 Å². The van der Waals surface area contributed by atoms with Gasteiger partial charge in [-0.1, -0.05) is 30.3 Å². The number of fused-ring (bicyclic) bond motifs is 1. The van der Waals surface area contributed by atoms with Crippen molar-refractivity contribution in [1.82, 2.24) is 4.90 Å². The molecule has 0 unspecified atom stereocenters. The monoisotopic (exact) mass is 281 g/mol. The summed E-state index contributed by atoms with van der Waals surface area (Å²) in [5.74, 6) is 0.323. The molecule has 3 rings (SSSR count). The van der Waals surface area contributed by atoms with Crippen molar-refractivity contribution in [2.45, 2.75) is 19.3 Å². The first-order chi connectivity index (χ1) is 10.2. The van der Waals surface area contributed by atoms with Gasteiger partial charge in [-0.2, -0.15) is 0 Å². The van der Waals surface area contributed by atoms with E-state index in [9.17, 15) is 9.90 Å². The van der Waals surface area contributed by atoms with Gasteiger partial charge in [0.05, 0.1) is 0 Å². The Morgan fingerprint density at radius 1 is 1.10 bits per heavy atom. The molecule has 1 amide bonds. The van der Waals surface area contributed by atoms with Gasteiger partial charge in [0.25, 0.3) is 5.91 Å². The second-order valence-corrected chi connectivity index (χ2v) is 5.47. The van der Waals surface area contributed by atoms with E-state index in [0.717, 1.165) is 43.5 Å². The van der Waals surface area contributed by atoms with Crippen LogP contribution in [0.5, 0.6) is 5.75 Å². The van der Waals surface area contributed by atoms with E-state index in [4.69, 9.17) is 0 Å². The second kappa shape index (κ2) is 6.00. The van der Waals surface area contributed by atoms with Gasteiger partial charge in [-0.05, 0) is 48.6 Å². The highest BCUT2D eigenvalue weighted by atomic mass is 16.3. The zero-order chi connectivity index (χ0) is 14.7. The van der Waals surface area contributed by atoms with Gasteiger partial charge < -0.3 is 10.0 Å². The first kappa shape index (κ1) is 13.7. The largest absolute Gasteiger partial charge is 0.508 e. The molecule has 0 aromatic heterocycles. The SMILES string of the molecule is O=C1c2ccc(O)cc2CCN1CCCc1ccccc1. The van der Waals surface area contributed by atoms with Crippen molar-refractivity contribution in [1.29, 1.82) is 0 Å². The highest BCUT2D eigenvalue weighted by Gasteiger charge is 2.23. The van der Waals surface area contributed by atoms with E-state index in [-0.39, 0.29) is 11.7 Å². The highest BCUT2D eigenvalue weighted by Crippen LogP contribution is 2.23. The van der Waals surface area contributed by atoms with Gasteiger partial charge in [0.1, 0.15) is 5.75 Å². The summed E-state index contributed by atoms with van der Waals surface area (Å²) in [6.45, 7) is 1.53. The summed E-state index contributed by atoms with van der Waals surface area (Å²) in [4.78, 5) is 14.3. The molecule has 3 heteroatoms. The van der Waals surface area contributed by atoms with Crippen LogP contribution in [0, 0.1) is 0 Å². The summed E-state index contributed by atoms with van der Waals surface area (Å²) in [6, 6.07) is 15.4. The smallest absolute Gasteiger partial charge is 0.254 e. The second-order valence-electron chi connectivity index (χ2n) is 5.47. The number of benzene rings is 2. The average molecular weight is 281 g/mol. The molecule has 0 bridgehead atoms. The number of hydrogen-bond acceptors (Lipinski definition) is 2. The summed E-state index contributed by atoms with van der Waals surface area (Å²) in [5.41, 5.74) is 3.00. The number of aryl methyl sites for hydroxylation is 1. The molecular formula is C18H19NO2. The fourth-order valence-corrected chi connectivity index (χ4v) is 2.85. The van der Waals surface area contributed by atoms with Crippen molar-refractivity contribution in [2.75, 3.05) is 13.1 Å². The minimum Gasteiger partial charge on any atom is -0.508 e. The molecule has 2 aromatic carbocycles. The molecule has 1 heterocycles. The van der Waals surface area contributed by atoms with E-state index in [0.29, 0.717) is 0 Å². The summed E-state index contributed by atoms with van der Waals surface area (Å²) < 4.78 is 0. The van der Waals surface area contributed by atoms with E-state index in [2.05, 4.69) is 12.1 Å². The van der Waals surface area contributed by atoms with Crippen LogP contribution in [0.3, 0.4) is 0 Å². The van der Waals surface area contributed by atoms with Crippen molar-refractivity contribution in [3.05, 3.63) is 65.2 Å². The van der Waals surface area contributed by atoms with Crippen LogP contribution in [-0.4, -0.2) is 29.0 Å². The summed E-state index contributed by atoms with van der Waals surface area (Å²) in [6.07, 6.45) is 2.79. The Kier molecular flexibility index (Phi) is 3.91. The Balaban J connectivity index is 1.60. The molecule has 0 aliphatic carbocycles. The molecule has 0 fully saturated rings. The standard InChI is InChI=1S/C18H19NO2/c20-16-8-9-17-15(13-16)10-12-19(18(17)21)11-4-7-14-5-2-1-3-6-14/h1-3,5-6,8-9,13,20H,4,7,10-12H2. The lowest BCUT2D eigenvalue weighted by atomic mass is 9.98. The van der Waals surface area contributed by atoms with Gasteiger partial charge in [0.2, 0.25) is 0 Å². The van der Waals surface area contributed by atoms with E-state index in [1.165, 1.54) is 5.56 Å². The van der Waals surface area contributed by atoms with Crippen LogP contribution in [0.1, 0.15) is 27.9 Å². The fourth-order valence-electron chi connectivity index (χ4n) is 2.85. The predicted octanol–water partition coefficient (Wildman–Crippen LogP) is 3.02. The third-order valence-corrected chi connectivity index (χ3v) is 3.99. The third kappa shape index (κ3) is 3.07. The first-order valence-corrected chi connectivity index (χ1v) is 7.39. The predicted molar refractivity (Wildman–Crippen MR) is 82.5 cm³/mol. The Morgan fingerprint density at radius 3 is 2.71 bits per heavy atom. The van der Waals surface area contributed by atoms with Gasteiger partial charge in [-0.3, -0.25) is 4.79 Å². The van der Waals surface area contributed by atoms with Crippen LogP contribution in [0.25, 0.3) is 0 Å². The number of amides is 1. The summed E-state index contributed by atoms with van der Waals surface area (Å²) >= 11 is 0. The molecule has 0 spiro atoms. The number of hydrogen-bond donors (Lipinski definition) is 1. The molecule has 108 valence electrons. The number of phenolic OH excluding ortho intramolecular Hbond substituents is 1. The minimum absolute atomic E-state index is 0.0873. The number of carbonyl (C=O) groups is 1. The van der Waals surface area contributed by atoms with Gasteiger partial charge in [-0.25, -0.2) is 0 Å². The summed E-state index contributed by atoms with van der Waals surface area (Å²) in [7, 11) is 0. The first-order valence-electron chi connectivity index (χ1n) is 7.39. The van der Waals surface area contributed by atoms with Crippen LogP contribution >= 0.6 is 0 Å². The lowest BCUT2D eigenvalue weighted by Gasteiger charge is -2.28. The van der Waals surface area contributed by atoms with Crippen LogP contribution in [0.4, 0.5) is 0 Å². The lowest BCUT2D eigenvalue weighted by Crippen LogP contribution is -2.38. The van der Waals surface area contributed by atoms with Crippen molar-refractivity contribution >= 4 is 5.91 Å². The molecule has 0 atom stereocenters. The average Bonchev–Trinajstić information content (AvgIpc) is 2.50. The van der Waals surface area contributed by atoms with E-state index in [1.54, 1.807) is 18.2 Å². The molecule has 21 heavy (non-hydrogen) atoms. The molecular weight excluding hydrogens is 262 g/mol. The Hall–Kier alpha value is -2.29. The van der Waals surface area contributed by atoms with Crippen molar-refractivity contribution in [3.63, 3.8) is 0 Å². The fraction of sp³-hybridized carbons (Fsp3) is 0.278. The van der Waals surface area contributed by atoms with E-state index in [1.807, 2.05) is 23.1 Å². The van der Waals surface area contributed by atoms with Crippen molar-refractivity contribution < 1.29 is 9.90 Å². The molecule has 2 aromatic rings. The van der Waals surface area contributed by atoms with E-state index < -0.39 is 0 Å². The molecule has 1 aliphatic heterocycles. The molecule has 0 radical (unpaired) electrons. The van der Waals surface area contributed by atoms with Gasteiger partial charge in [0.15, 0.2) is 0 Å². The minimum atomic E-state index is 0.0873. The Bertz CT molecular complexity index is 637. The third-order valence-electron chi connectivity index (χ3n) is 3.99. The van der Waals surface area contributed by atoms with Crippen LogP contribution in [0.2, 0.25) is 0 Å². The molecule has 1 aliphatic rings. The zero-order valence-electron chi connectivity index (χ0n) is 12.0. The molecule has 3 nitrogen and oxygen atoms in total. The number of phenols is 1. The number of rotatable bonds is 4. The van der Waals surface area contributed by atoms with Gasteiger partial charge in [-0.15, -0.1) is 0 Å². The maximum atomic E-state index is 12.4. The zero-order valence-corrected chi connectivity index (χ0v) is 12.0. The van der Waals surface area contributed by atoms with Crippen molar-refractivity contribution in [3.8, 4) is 5.75 Å². The quantitative estimate of drug-likeness (QED) is 0.936. The maximum Gasteiger partial charge on any atom is 0.254 e. The van der Waals surface area contributed by atoms with E-state index >= 15 is 0 Å². The topological polar surface area (TPSA) is 40.5 Å². The summed E-state index contributed by atoms with van der Waals surface area (Å²) in [5, 5.41) is 9.48. The molecule has 1 N–H and O–H groups in total. The maximum absolute atomic E-state index is 12.4. The number of aromatic hydroxyl groups is 1. The number of carbonyl (C=O) groups excluding carboxylic acids is 1. The van der Waals surface area contributed by atoms with Gasteiger partial charge in [0, 0.05) is 18.7 Å². The highest BCUT2D eigenvalue weighted by molar-refractivity contribution is 5.96. The Labute approximate surface area is 124 Å². The number of nitrogens with zero attached hydrogens (tertiary/aromatic N) is 1. The molecule has 0 saturated heterocycles. The van der Waals surface area contributed by atoms with Gasteiger partial charge >= 0.3 is 0 Å².